The van der Waals surface area contributed by atoms with Gasteiger partial charge in [0.15, 0.2) is 0 Å². The Morgan fingerprint density at radius 2 is 1.94 bits per heavy atom. The smallest absolute Gasteiger partial charge is 0.0581 e. The highest BCUT2D eigenvalue weighted by Gasteiger charge is 2.20. The van der Waals surface area contributed by atoms with Crippen molar-refractivity contribution in [2.75, 3.05) is 0 Å². The topological polar surface area (TPSA) is 38.0 Å². The predicted molar refractivity (Wildman–Crippen MR) is 76.0 cm³/mol. The minimum atomic E-state index is 0.280. The molecular weight excluding hydrogens is 228 g/mol. The first-order valence-corrected chi connectivity index (χ1v) is 7.06. The highest BCUT2D eigenvalue weighted by molar-refractivity contribution is 7.19. The zero-order chi connectivity index (χ0) is 12.3. The monoisotopic (exact) mass is 248 g/mol. The van der Waals surface area contributed by atoms with Gasteiger partial charge in [-0.1, -0.05) is 44.9 Å². The van der Waals surface area contributed by atoms with Crippen LogP contribution in [0.15, 0.2) is 30.3 Å². The summed E-state index contributed by atoms with van der Waals surface area (Å²) >= 11 is 1.85. The van der Waals surface area contributed by atoms with Crippen molar-refractivity contribution in [1.29, 1.82) is 0 Å². The molecule has 1 aromatic carbocycles. The van der Waals surface area contributed by atoms with Gasteiger partial charge in [0.1, 0.15) is 0 Å². The molecule has 0 radical (unpaired) electrons. The molecule has 2 rings (SSSR count). The van der Waals surface area contributed by atoms with Gasteiger partial charge in [-0.15, -0.1) is 11.3 Å². The summed E-state index contributed by atoms with van der Waals surface area (Å²) in [6.07, 6.45) is 2.30. The van der Waals surface area contributed by atoms with Crippen molar-refractivity contribution < 1.29 is 0 Å². The van der Waals surface area contributed by atoms with Crippen molar-refractivity contribution in [3.8, 4) is 0 Å². The maximum atomic E-state index is 5.74. The molecule has 3 heteroatoms. The number of thiophene rings is 1. The highest BCUT2D eigenvalue weighted by Crippen LogP contribution is 2.34. The van der Waals surface area contributed by atoms with E-state index in [2.05, 4.69) is 49.6 Å². The lowest BCUT2D eigenvalue weighted by Crippen LogP contribution is -2.32. The normalized spacial score (nSPS) is 13.4. The zero-order valence-electron chi connectivity index (χ0n) is 10.4. The van der Waals surface area contributed by atoms with Gasteiger partial charge in [-0.2, -0.15) is 0 Å². The van der Waals surface area contributed by atoms with Crippen LogP contribution in [0.2, 0.25) is 0 Å². The SMILES string of the molecule is CCC(CC)C(NN)c1cc2ccccc2s1. The van der Waals surface area contributed by atoms with Crippen molar-refractivity contribution in [3.05, 3.63) is 35.2 Å². The number of hydrogen-bond acceptors (Lipinski definition) is 3. The molecule has 0 aliphatic heterocycles. The third-order valence-corrected chi connectivity index (χ3v) is 4.65. The minimum Gasteiger partial charge on any atom is -0.271 e. The largest absolute Gasteiger partial charge is 0.271 e. The van der Waals surface area contributed by atoms with Crippen LogP contribution >= 0.6 is 11.3 Å². The fourth-order valence-corrected chi connectivity index (χ4v) is 3.58. The van der Waals surface area contributed by atoms with Gasteiger partial charge in [-0.25, -0.2) is 0 Å². The molecule has 2 aromatic rings. The van der Waals surface area contributed by atoms with E-state index in [4.69, 9.17) is 5.84 Å². The molecule has 2 nitrogen and oxygen atoms in total. The minimum absolute atomic E-state index is 0.280. The Balaban J connectivity index is 2.36. The summed E-state index contributed by atoms with van der Waals surface area (Å²) in [5.41, 5.74) is 2.99. The van der Waals surface area contributed by atoms with Gasteiger partial charge in [0.2, 0.25) is 0 Å². The molecule has 0 saturated heterocycles. The Morgan fingerprint density at radius 1 is 1.24 bits per heavy atom. The number of nitrogens with two attached hydrogens (primary N) is 1. The maximum Gasteiger partial charge on any atom is 0.0581 e. The second-order valence-corrected chi connectivity index (χ2v) is 5.52. The predicted octanol–water partition coefficient (Wildman–Crippen LogP) is 3.84. The molecule has 17 heavy (non-hydrogen) atoms. The first kappa shape index (κ1) is 12.6. The van der Waals surface area contributed by atoms with E-state index in [-0.39, 0.29) is 6.04 Å². The molecular formula is C14H20N2S. The summed E-state index contributed by atoms with van der Waals surface area (Å²) in [5, 5.41) is 1.32. The van der Waals surface area contributed by atoms with Crippen LogP contribution in [0, 0.1) is 5.92 Å². The van der Waals surface area contributed by atoms with E-state index >= 15 is 0 Å². The van der Waals surface area contributed by atoms with E-state index in [1.165, 1.54) is 15.0 Å². The Hall–Kier alpha value is -0.900. The molecule has 0 fully saturated rings. The standard InChI is InChI=1S/C14H20N2S/c1-3-10(4-2)14(16-15)13-9-11-7-5-6-8-12(11)17-13/h5-10,14,16H,3-4,15H2,1-2H3. The number of benzene rings is 1. The lowest BCUT2D eigenvalue weighted by atomic mass is 9.93. The summed E-state index contributed by atoms with van der Waals surface area (Å²) in [4.78, 5) is 1.35. The van der Waals surface area contributed by atoms with Crippen LogP contribution in [0.4, 0.5) is 0 Å². The average Bonchev–Trinajstić information content (AvgIpc) is 2.78. The second kappa shape index (κ2) is 5.63. The summed E-state index contributed by atoms with van der Waals surface area (Å²) in [6, 6.07) is 11.1. The zero-order valence-corrected chi connectivity index (χ0v) is 11.3. The van der Waals surface area contributed by atoms with Crippen molar-refractivity contribution in [2.24, 2.45) is 11.8 Å². The van der Waals surface area contributed by atoms with E-state index in [1.807, 2.05) is 11.3 Å². The Bertz CT molecular complexity index is 441. The fraction of sp³-hybridized carbons (Fsp3) is 0.429. The van der Waals surface area contributed by atoms with Gasteiger partial charge >= 0.3 is 0 Å². The van der Waals surface area contributed by atoms with Crippen molar-refractivity contribution in [2.45, 2.75) is 32.7 Å². The van der Waals surface area contributed by atoms with Gasteiger partial charge in [-0.3, -0.25) is 11.3 Å². The quantitative estimate of drug-likeness (QED) is 0.623. The van der Waals surface area contributed by atoms with Gasteiger partial charge in [0.25, 0.3) is 0 Å². The van der Waals surface area contributed by atoms with Crippen LogP contribution in [-0.2, 0) is 0 Å². The van der Waals surface area contributed by atoms with Crippen molar-refractivity contribution in [3.63, 3.8) is 0 Å². The molecule has 0 spiro atoms. The maximum absolute atomic E-state index is 5.74. The molecule has 1 heterocycles. The molecule has 1 atom stereocenters. The lowest BCUT2D eigenvalue weighted by Gasteiger charge is -2.23. The molecule has 0 aliphatic carbocycles. The first-order chi connectivity index (χ1) is 8.30. The van der Waals surface area contributed by atoms with Crippen LogP contribution in [-0.4, -0.2) is 0 Å². The van der Waals surface area contributed by atoms with Crippen LogP contribution in [0.25, 0.3) is 10.1 Å². The Kier molecular flexibility index (Phi) is 4.15. The molecule has 3 N–H and O–H groups in total. The third kappa shape index (κ3) is 2.51. The number of fused-ring (bicyclic) bond motifs is 1. The molecule has 0 saturated carbocycles. The Labute approximate surface area is 107 Å². The van der Waals surface area contributed by atoms with Crippen LogP contribution in [0.3, 0.4) is 0 Å². The first-order valence-electron chi connectivity index (χ1n) is 6.24. The van der Waals surface area contributed by atoms with Gasteiger partial charge in [-0.05, 0) is 23.4 Å². The van der Waals surface area contributed by atoms with Crippen molar-refractivity contribution >= 4 is 21.4 Å². The number of hydrogen-bond donors (Lipinski definition) is 2. The second-order valence-electron chi connectivity index (χ2n) is 4.41. The number of rotatable bonds is 5. The van der Waals surface area contributed by atoms with E-state index in [0.29, 0.717) is 5.92 Å². The average molecular weight is 248 g/mol. The van der Waals surface area contributed by atoms with Gasteiger partial charge in [0, 0.05) is 9.58 Å². The molecule has 0 aliphatic rings. The summed E-state index contributed by atoms with van der Waals surface area (Å²) in [5.74, 6) is 6.34. The van der Waals surface area contributed by atoms with Crippen LogP contribution in [0.5, 0.6) is 0 Å². The van der Waals surface area contributed by atoms with Gasteiger partial charge in [0.05, 0.1) is 6.04 Å². The lowest BCUT2D eigenvalue weighted by molar-refractivity contribution is 0.350. The van der Waals surface area contributed by atoms with E-state index in [1.54, 1.807) is 0 Å². The molecule has 0 bridgehead atoms. The molecule has 92 valence electrons. The summed E-state index contributed by atoms with van der Waals surface area (Å²) in [6.45, 7) is 4.46. The molecule has 1 aromatic heterocycles. The summed E-state index contributed by atoms with van der Waals surface area (Å²) in [7, 11) is 0. The Morgan fingerprint density at radius 3 is 2.53 bits per heavy atom. The third-order valence-electron chi connectivity index (χ3n) is 3.45. The van der Waals surface area contributed by atoms with E-state index < -0.39 is 0 Å². The van der Waals surface area contributed by atoms with E-state index in [9.17, 15) is 0 Å². The molecule has 0 amide bonds. The number of hydrazine groups is 1. The summed E-state index contributed by atoms with van der Waals surface area (Å²) < 4.78 is 1.34. The van der Waals surface area contributed by atoms with Crippen LogP contribution < -0.4 is 11.3 Å². The van der Waals surface area contributed by atoms with Crippen molar-refractivity contribution in [1.82, 2.24) is 5.43 Å². The highest BCUT2D eigenvalue weighted by atomic mass is 32.1. The number of nitrogens with one attached hydrogen (secondary N) is 1. The molecule has 1 unspecified atom stereocenters. The fourth-order valence-electron chi connectivity index (χ4n) is 2.37. The van der Waals surface area contributed by atoms with Gasteiger partial charge < -0.3 is 0 Å². The van der Waals surface area contributed by atoms with Crippen LogP contribution in [0.1, 0.15) is 37.6 Å². The van der Waals surface area contributed by atoms with E-state index in [0.717, 1.165) is 12.8 Å².